The highest BCUT2D eigenvalue weighted by Gasteiger charge is 2.31. The Balaban J connectivity index is 1.65. The van der Waals surface area contributed by atoms with Crippen molar-refractivity contribution in [1.29, 1.82) is 0 Å². The molecule has 7 nitrogen and oxygen atoms in total. The van der Waals surface area contributed by atoms with Crippen LogP contribution in [0.2, 0.25) is 5.02 Å². The number of rotatable bonds is 7. The van der Waals surface area contributed by atoms with Crippen molar-refractivity contribution < 1.29 is 14.3 Å². The number of ether oxygens (including phenoxy) is 2. The molecule has 2 heterocycles. The number of fused-ring (bicyclic) bond motifs is 1. The van der Waals surface area contributed by atoms with Gasteiger partial charge in [0, 0.05) is 23.1 Å². The Kier molecular flexibility index (Phi) is 6.95. The van der Waals surface area contributed by atoms with E-state index in [1.54, 1.807) is 19.2 Å². The van der Waals surface area contributed by atoms with E-state index in [0.717, 1.165) is 11.1 Å². The van der Waals surface area contributed by atoms with Crippen LogP contribution in [0, 0.1) is 0 Å². The van der Waals surface area contributed by atoms with Gasteiger partial charge in [0.05, 0.1) is 18.8 Å². The molecule has 1 aromatic heterocycles. The SMILES string of the molecule is COc1cc(C2CC(=O)Nc3nc(SCc4cccc(Cl)c4)[nH]c(=O)c32)ccc1OC(C)C. The highest BCUT2D eigenvalue weighted by atomic mass is 35.5. The fourth-order valence-corrected chi connectivity index (χ4v) is 4.75. The zero-order chi connectivity index (χ0) is 23.5. The third-order valence-corrected chi connectivity index (χ3v) is 6.33. The van der Waals surface area contributed by atoms with Gasteiger partial charge in [-0.15, -0.1) is 0 Å². The molecule has 1 amide bonds. The van der Waals surface area contributed by atoms with Gasteiger partial charge in [-0.05, 0) is 49.2 Å². The smallest absolute Gasteiger partial charge is 0.257 e. The van der Waals surface area contributed by atoms with Gasteiger partial charge in [0.2, 0.25) is 5.91 Å². The molecule has 1 unspecified atom stereocenters. The lowest BCUT2D eigenvalue weighted by atomic mass is 9.86. The molecule has 3 aromatic rings. The Bertz CT molecular complexity index is 1240. The first-order valence-electron chi connectivity index (χ1n) is 10.5. The number of hydrogen-bond donors (Lipinski definition) is 2. The first kappa shape index (κ1) is 23.2. The van der Waals surface area contributed by atoms with Crippen LogP contribution in [0.25, 0.3) is 0 Å². The van der Waals surface area contributed by atoms with Crippen LogP contribution in [0.3, 0.4) is 0 Å². The summed E-state index contributed by atoms with van der Waals surface area (Å²) in [6, 6.07) is 13.0. The third-order valence-electron chi connectivity index (χ3n) is 5.15. The summed E-state index contributed by atoms with van der Waals surface area (Å²) in [5, 5.41) is 3.83. The molecule has 0 saturated carbocycles. The van der Waals surface area contributed by atoms with E-state index in [-0.39, 0.29) is 29.8 Å². The van der Waals surface area contributed by atoms with Crippen LogP contribution in [0.15, 0.2) is 52.4 Å². The van der Waals surface area contributed by atoms with Gasteiger partial charge in [-0.25, -0.2) is 4.98 Å². The average molecular weight is 486 g/mol. The molecule has 1 aliphatic heterocycles. The number of amides is 1. The number of methoxy groups -OCH3 is 1. The molecule has 4 rings (SSSR count). The van der Waals surface area contributed by atoms with Crippen LogP contribution in [-0.4, -0.2) is 29.1 Å². The number of thioether (sulfide) groups is 1. The second-order valence-electron chi connectivity index (χ2n) is 7.93. The van der Waals surface area contributed by atoms with E-state index in [4.69, 9.17) is 21.1 Å². The minimum Gasteiger partial charge on any atom is -0.493 e. The Morgan fingerprint density at radius 3 is 2.73 bits per heavy atom. The summed E-state index contributed by atoms with van der Waals surface area (Å²) in [5.74, 6) is 1.38. The number of nitrogens with one attached hydrogen (secondary N) is 2. The minimum absolute atomic E-state index is 0.0131. The van der Waals surface area contributed by atoms with Crippen molar-refractivity contribution in [2.75, 3.05) is 12.4 Å². The quantitative estimate of drug-likeness (QED) is 0.362. The molecule has 0 radical (unpaired) electrons. The molecule has 33 heavy (non-hydrogen) atoms. The molecule has 0 fully saturated rings. The maximum Gasteiger partial charge on any atom is 0.257 e. The zero-order valence-corrected chi connectivity index (χ0v) is 20.0. The summed E-state index contributed by atoms with van der Waals surface area (Å²) < 4.78 is 11.3. The van der Waals surface area contributed by atoms with E-state index in [2.05, 4.69) is 15.3 Å². The number of nitrogens with zero attached hydrogens (tertiary/aromatic N) is 1. The molecule has 1 atom stereocenters. The molecular weight excluding hydrogens is 462 g/mol. The summed E-state index contributed by atoms with van der Waals surface area (Å²) in [6.07, 6.45) is 0.126. The Morgan fingerprint density at radius 2 is 2.00 bits per heavy atom. The summed E-state index contributed by atoms with van der Waals surface area (Å²) in [7, 11) is 1.56. The number of halogens is 1. The maximum absolute atomic E-state index is 13.1. The predicted molar refractivity (Wildman–Crippen MR) is 130 cm³/mol. The lowest BCUT2D eigenvalue weighted by Gasteiger charge is -2.25. The third kappa shape index (κ3) is 5.34. The number of H-pyrrole nitrogens is 1. The Morgan fingerprint density at radius 1 is 1.18 bits per heavy atom. The van der Waals surface area contributed by atoms with Crippen molar-refractivity contribution in [2.45, 2.75) is 43.2 Å². The number of carbonyl (C=O) groups is 1. The second kappa shape index (κ2) is 9.89. The number of anilines is 1. The van der Waals surface area contributed by atoms with Gasteiger partial charge in [0.1, 0.15) is 5.82 Å². The molecule has 2 aromatic carbocycles. The van der Waals surface area contributed by atoms with Crippen molar-refractivity contribution in [2.24, 2.45) is 0 Å². The molecule has 0 bridgehead atoms. The van der Waals surface area contributed by atoms with Crippen molar-refractivity contribution in [3.63, 3.8) is 0 Å². The fraction of sp³-hybridized carbons (Fsp3) is 0.292. The fourth-order valence-electron chi connectivity index (χ4n) is 3.73. The normalized spacial score (nSPS) is 15.2. The largest absolute Gasteiger partial charge is 0.493 e. The van der Waals surface area contributed by atoms with E-state index >= 15 is 0 Å². The zero-order valence-electron chi connectivity index (χ0n) is 18.5. The highest BCUT2D eigenvalue weighted by Crippen LogP contribution is 2.38. The van der Waals surface area contributed by atoms with Crippen molar-refractivity contribution in [1.82, 2.24) is 9.97 Å². The lowest BCUT2D eigenvalue weighted by molar-refractivity contribution is -0.116. The molecule has 0 saturated heterocycles. The second-order valence-corrected chi connectivity index (χ2v) is 9.33. The predicted octanol–water partition coefficient (Wildman–Crippen LogP) is 4.99. The topological polar surface area (TPSA) is 93.3 Å². The van der Waals surface area contributed by atoms with Gasteiger partial charge in [-0.2, -0.15) is 0 Å². The molecule has 172 valence electrons. The number of aromatic amines is 1. The van der Waals surface area contributed by atoms with Gasteiger partial charge in [-0.1, -0.05) is 41.6 Å². The van der Waals surface area contributed by atoms with Crippen molar-refractivity contribution in [3.05, 3.63) is 74.5 Å². The van der Waals surface area contributed by atoms with Crippen LogP contribution in [0.5, 0.6) is 11.5 Å². The van der Waals surface area contributed by atoms with Crippen molar-refractivity contribution in [3.8, 4) is 11.5 Å². The highest BCUT2D eigenvalue weighted by molar-refractivity contribution is 7.98. The van der Waals surface area contributed by atoms with E-state index < -0.39 is 5.92 Å². The summed E-state index contributed by atoms with van der Waals surface area (Å²) in [5.41, 5.74) is 1.94. The van der Waals surface area contributed by atoms with Crippen molar-refractivity contribution >= 4 is 35.1 Å². The standard InChI is InChI=1S/C24H24ClN3O4S/c1-13(2)32-18-8-7-15(10-19(18)31-3)17-11-20(29)26-22-21(17)23(30)28-24(27-22)33-12-14-5-4-6-16(25)9-14/h4-10,13,17H,11-12H2,1-3H3,(H2,26,27,28,29,30). The first-order chi connectivity index (χ1) is 15.8. The van der Waals surface area contributed by atoms with Gasteiger partial charge in [-0.3, -0.25) is 9.59 Å². The first-order valence-corrected chi connectivity index (χ1v) is 11.9. The molecule has 9 heteroatoms. The monoisotopic (exact) mass is 485 g/mol. The van der Waals surface area contributed by atoms with E-state index in [9.17, 15) is 9.59 Å². The molecule has 0 aliphatic carbocycles. The van der Waals surface area contributed by atoms with E-state index in [1.807, 2.05) is 44.2 Å². The number of benzene rings is 2. The van der Waals surface area contributed by atoms with Gasteiger partial charge < -0.3 is 19.8 Å². The van der Waals surface area contributed by atoms with Crippen LogP contribution in [0.4, 0.5) is 5.82 Å². The van der Waals surface area contributed by atoms with Crippen LogP contribution in [0.1, 0.15) is 42.9 Å². The maximum atomic E-state index is 13.1. The molecule has 1 aliphatic rings. The number of hydrogen-bond acceptors (Lipinski definition) is 6. The minimum atomic E-state index is -0.445. The molecular formula is C24H24ClN3O4S. The molecule has 2 N–H and O–H groups in total. The van der Waals surface area contributed by atoms with E-state index in [1.165, 1.54) is 11.8 Å². The van der Waals surface area contributed by atoms with Gasteiger partial charge in [0.15, 0.2) is 16.7 Å². The molecule has 0 spiro atoms. The number of aromatic nitrogens is 2. The number of carbonyl (C=O) groups excluding carboxylic acids is 1. The van der Waals surface area contributed by atoms with Crippen LogP contribution in [-0.2, 0) is 10.5 Å². The Labute approximate surface area is 200 Å². The van der Waals surface area contributed by atoms with Gasteiger partial charge in [0.25, 0.3) is 5.56 Å². The van der Waals surface area contributed by atoms with E-state index in [0.29, 0.717) is 33.0 Å². The average Bonchev–Trinajstić information content (AvgIpc) is 2.77. The summed E-state index contributed by atoms with van der Waals surface area (Å²) >= 11 is 7.41. The van der Waals surface area contributed by atoms with Crippen LogP contribution >= 0.6 is 23.4 Å². The van der Waals surface area contributed by atoms with Gasteiger partial charge >= 0.3 is 0 Å². The van der Waals surface area contributed by atoms with Crippen LogP contribution < -0.4 is 20.3 Å². The summed E-state index contributed by atoms with van der Waals surface area (Å²) in [6.45, 7) is 3.87. The Hall–Kier alpha value is -2.97. The summed E-state index contributed by atoms with van der Waals surface area (Å²) in [4.78, 5) is 32.9. The lowest BCUT2D eigenvalue weighted by Crippen LogP contribution is -2.31.